The summed E-state index contributed by atoms with van der Waals surface area (Å²) in [7, 11) is 1.62. The standard InChI is InChI=1S/C22H27N3O3/c1-4-5-12-25-20(26)14-18(21(25)16-6-8-17(28-3)9-7-16)22(27)24-19-13-15(2)10-11-23-19/h6-11,13,18,21H,4-5,12,14H2,1-3H3,(H,23,24,27). The van der Waals surface area contributed by atoms with Crippen LogP contribution in [0.5, 0.6) is 5.75 Å². The van der Waals surface area contributed by atoms with Gasteiger partial charge in [-0.3, -0.25) is 9.59 Å². The predicted octanol–water partition coefficient (Wildman–Crippen LogP) is 3.73. The molecule has 0 saturated carbocycles. The molecule has 6 nitrogen and oxygen atoms in total. The Morgan fingerprint density at radius 2 is 2.04 bits per heavy atom. The van der Waals surface area contributed by atoms with Gasteiger partial charge in [0.25, 0.3) is 0 Å². The molecule has 0 radical (unpaired) electrons. The molecular weight excluding hydrogens is 354 g/mol. The van der Waals surface area contributed by atoms with Crippen molar-refractivity contribution in [3.05, 3.63) is 53.7 Å². The third kappa shape index (κ3) is 4.32. The molecule has 1 aliphatic heterocycles. The maximum absolute atomic E-state index is 13.0. The Kier molecular flexibility index (Phi) is 6.29. The molecule has 1 saturated heterocycles. The molecular formula is C22H27N3O3. The van der Waals surface area contributed by atoms with Crippen molar-refractivity contribution in [3.63, 3.8) is 0 Å². The summed E-state index contributed by atoms with van der Waals surface area (Å²) in [6.07, 6.45) is 3.77. The number of ether oxygens (including phenoxy) is 1. The average Bonchev–Trinajstić information content (AvgIpc) is 3.03. The van der Waals surface area contributed by atoms with Crippen LogP contribution in [0.25, 0.3) is 0 Å². The van der Waals surface area contributed by atoms with Gasteiger partial charge in [0, 0.05) is 19.2 Å². The first kappa shape index (κ1) is 19.9. The van der Waals surface area contributed by atoms with Crippen molar-refractivity contribution < 1.29 is 14.3 Å². The number of likely N-dealkylation sites (tertiary alicyclic amines) is 1. The first-order valence-corrected chi connectivity index (χ1v) is 9.70. The fraction of sp³-hybridized carbons (Fsp3) is 0.409. The number of aryl methyl sites for hydroxylation is 1. The van der Waals surface area contributed by atoms with Crippen LogP contribution in [0.15, 0.2) is 42.6 Å². The molecule has 0 spiro atoms. The minimum absolute atomic E-state index is 0.0200. The first-order valence-electron chi connectivity index (χ1n) is 9.70. The van der Waals surface area contributed by atoms with E-state index in [1.165, 1.54) is 0 Å². The molecule has 1 aliphatic rings. The zero-order valence-corrected chi connectivity index (χ0v) is 16.6. The maximum Gasteiger partial charge on any atom is 0.231 e. The lowest BCUT2D eigenvalue weighted by Crippen LogP contribution is -2.33. The van der Waals surface area contributed by atoms with E-state index in [0.717, 1.165) is 29.7 Å². The van der Waals surface area contributed by atoms with E-state index in [1.54, 1.807) is 13.3 Å². The molecule has 28 heavy (non-hydrogen) atoms. The smallest absolute Gasteiger partial charge is 0.231 e. The van der Waals surface area contributed by atoms with Crippen LogP contribution in [0.4, 0.5) is 5.82 Å². The van der Waals surface area contributed by atoms with Crippen LogP contribution in [0.2, 0.25) is 0 Å². The van der Waals surface area contributed by atoms with Crippen LogP contribution < -0.4 is 10.1 Å². The van der Waals surface area contributed by atoms with Crippen LogP contribution in [-0.2, 0) is 9.59 Å². The number of carbonyl (C=O) groups excluding carboxylic acids is 2. The summed E-state index contributed by atoms with van der Waals surface area (Å²) >= 11 is 0. The van der Waals surface area contributed by atoms with E-state index in [2.05, 4.69) is 17.2 Å². The number of benzene rings is 1. The van der Waals surface area contributed by atoms with Crippen LogP contribution >= 0.6 is 0 Å². The highest BCUT2D eigenvalue weighted by Crippen LogP contribution is 2.39. The summed E-state index contributed by atoms with van der Waals surface area (Å²) in [5, 5.41) is 2.89. The topological polar surface area (TPSA) is 71.5 Å². The number of methoxy groups -OCH3 is 1. The molecule has 2 atom stereocenters. The molecule has 2 unspecified atom stereocenters. The van der Waals surface area contributed by atoms with Crippen molar-refractivity contribution in [2.45, 2.75) is 39.2 Å². The molecule has 0 bridgehead atoms. The van der Waals surface area contributed by atoms with E-state index in [9.17, 15) is 9.59 Å². The lowest BCUT2D eigenvalue weighted by Gasteiger charge is -2.28. The molecule has 3 rings (SSSR count). The second-order valence-corrected chi connectivity index (χ2v) is 7.18. The number of amides is 2. The van der Waals surface area contributed by atoms with Crippen molar-refractivity contribution in [1.29, 1.82) is 0 Å². The Bertz CT molecular complexity index is 835. The minimum atomic E-state index is -0.458. The predicted molar refractivity (Wildman–Crippen MR) is 108 cm³/mol. The Hall–Kier alpha value is -2.89. The molecule has 1 N–H and O–H groups in total. The quantitative estimate of drug-likeness (QED) is 0.793. The van der Waals surface area contributed by atoms with Gasteiger partial charge in [-0.2, -0.15) is 0 Å². The summed E-state index contributed by atoms with van der Waals surface area (Å²) in [6, 6.07) is 11.0. The first-order chi connectivity index (χ1) is 13.5. The number of unbranched alkanes of at least 4 members (excludes halogenated alkanes) is 1. The van der Waals surface area contributed by atoms with E-state index in [0.29, 0.717) is 12.4 Å². The largest absolute Gasteiger partial charge is 0.497 e. The zero-order chi connectivity index (χ0) is 20.1. The van der Waals surface area contributed by atoms with Crippen LogP contribution in [-0.4, -0.2) is 35.4 Å². The SMILES string of the molecule is CCCCN1C(=O)CC(C(=O)Nc2cc(C)ccn2)C1c1ccc(OC)cc1. The Morgan fingerprint density at radius 1 is 1.29 bits per heavy atom. The Labute approximate surface area is 165 Å². The van der Waals surface area contributed by atoms with Gasteiger partial charge in [-0.15, -0.1) is 0 Å². The highest BCUT2D eigenvalue weighted by atomic mass is 16.5. The van der Waals surface area contributed by atoms with E-state index in [-0.39, 0.29) is 24.3 Å². The van der Waals surface area contributed by atoms with Gasteiger partial charge >= 0.3 is 0 Å². The van der Waals surface area contributed by atoms with Crippen LogP contribution in [0, 0.1) is 12.8 Å². The summed E-state index contributed by atoms with van der Waals surface area (Å²) < 4.78 is 5.24. The second kappa shape index (κ2) is 8.87. The molecule has 1 fully saturated rings. The van der Waals surface area contributed by atoms with Crippen molar-refractivity contribution >= 4 is 17.6 Å². The monoisotopic (exact) mass is 381 g/mol. The summed E-state index contributed by atoms with van der Waals surface area (Å²) in [4.78, 5) is 31.8. The maximum atomic E-state index is 13.0. The number of hydrogen-bond donors (Lipinski definition) is 1. The van der Waals surface area contributed by atoms with Gasteiger partial charge in [0.2, 0.25) is 11.8 Å². The zero-order valence-electron chi connectivity index (χ0n) is 16.6. The van der Waals surface area contributed by atoms with E-state index in [4.69, 9.17) is 4.74 Å². The van der Waals surface area contributed by atoms with Gasteiger partial charge in [-0.25, -0.2) is 4.98 Å². The van der Waals surface area contributed by atoms with Crippen molar-refractivity contribution in [1.82, 2.24) is 9.88 Å². The van der Waals surface area contributed by atoms with Gasteiger partial charge in [0.15, 0.2) is 0 Å². The summed E-state index contributed by atoms with van der Waals surface area (Å²) in [5.41, 5.74) is 1.96. The highest BCUT2D eigenvalue weighted by Gasteiger charge is 2.44. The van der Waals surface area contributed by atoms with E-state index in [1.807, 2.05) is 48.2 Å². The van der Waals surface area contributed by atoms with Crippen LogP contribution in [0.3, 0.4) is 0 Å². The number of pyridine rings is 1. The Morgan fingerprint density at radius 3 is 2.68 bits per heavy atom. The Balaban J connectivity index is 1.87. The third-order valence-electron chi connectivity index (χ3n) is 5.15. The fourth-order valence-electron chi connectivity index (χ4n) is 3.65. The van der Waals surface area contributed by atoms with Crippen molar-refractivity contribution in [3.8, 4) is 5.75 Å². The van der Waals surface area contributed by atoms with Crippen molar-refractivity contribution in [2.24, 2.45) is 5.92 Å². The molecule has 2 aromatic rings. The summed E-state index contributed by atoms with van der Waals surface area (Å²) in [6.45, 7) is 4.69. The van der Waals surface area contributed by atoms with Gasteiger partial charge in [0.05, 0.1) is 19.1 Å². The molecule has 6 heteroatoms. The number of aromatic nitrogens is 1. The molecule has 0 aliphatic carbocycles. The van der Waals surface area contributed by atoms with E-state index >= 15 is 0 Å². The van der Waals surface area contributed by atoms with Gasteiger partial charge in [-0.05, 0) is 48.7 Å². The number of hydrogen-bond acceptors (Lipinski definition) is 4. The van der Waals surface area contributed by atoms with E-state index < -0.39 is 5.92 Å². The van der Waals surface area contributed by atoms with Crippen molar-refractivity contribution in [2.75, 3.05) is 19.0 Å². The molecule has 2 heterocycles. The fourth-order valence-corrected chi connectivity index (χ4v) is 3.65. The number of nitrogens with zero attached hydrogens (tertiary/aromatic N) is 2. The average molecular weight is 381 g/mol. The molecule has 2 amide bonds. The van der Waals surface area contributed by atoms with Crippen LogP contribution in [0.1, 0.15) is 43.4 Å². The number of anilines is 1. The third-order valence-corrected chi connectivity index (χ3v) is 5.15. The lowest BCUT2D eigenvalue weighted by molar-refractivity contribution is -0.129. The number of carbonyl (C=O) groups is 2. The highest BCUT2D eigenvalue weighted by molar-refractivity contribution is 5.97. The molecule has 1 aromatic heterocycles. The molecule has 1 aromatic carbocycles. The molecule has 148 valence electrons. The van der Waals surface area contributed by atoms with Gasteiger partial charge in [0.1, 0.15) is 11.6 Å². The lowest BCUT2D eigenvalue weighted by atomic mass is 9.92. The van der Waals surface area contributed by atoms with Gasteiger partial charge in [-0.1, -0.05) is 25.5 Å². The number of rotatable bonds is 7. The normalized spacial score (nSPS) is 19.0. The second-order valence-electron chi connectivity index (χ2n) is 7.18. The summed E-state index contributed by atoms with van der Waals surface area (Å²) in [5.74, 6) is 0.647. The van der Waals surface area contributed by atoms with Gasteiger partial charge < -0.3 is 15.0 Å². The minimum Gasteiger partial charge on any atom is -0.497 e. The number of nitrogens with one attached hydrogen (secondary N) is 1.